The minimum Gasteiger partial charge on any atom is -0.321 e. The van der Waals surface area contributed by atoms with Crippen molar-refractivity contribution < 1.29 is 4.79 Å². The van der Waals surface area contributed by atoms with E-state index < -0.39 is 0 Å². The third-order valence-corrected chi connectivity index (χ3v) is 4.16. The minimum absolute atomic E-state index is 0.122. The van der Waals surface area contributed by atoms with Gasteiger partial charge in [-0.2, -0.15) is 0 Å². The molecular formula is C19H13NOS. The summed E-state index contributed by atoms with van der Waals surface area (Å²) in [4.78, 5) is 13.2. The van der Waals surface area contributed by atoms with Crippen LogP contribution in [0.4, 0.5) is 5.69 Å². The van der Waals surface area contributed by atoms with Gasteiger partial charge in [0.15, 0.2) is 0 Å². The van der Waals surface area contributed by atoms with Crippen molar-refractivity contribution in [3.05, 3.63) is 76.5 Å². The molecule has 3 rings (SSSR count). The van der Waals surface area contributed by atoms with E-state index in [0.29, 0.717) is 10.6 Å². The molecule has 0 radical (unpaired) electrons. The molecule has 1 heterocycles. The second kappa shape index (κ2) is 6.30. The molecule has 0 aliphatic carbocycles. The highest BCUT2D eigenvalue weighted by molar-refractivity contribution is 7.12. The second-order valence-corrected chi connectivity index (χ2v) is 5.62. The highest BCUT2D eigenvalue weighted by Crippen LogP contribution is 2.28. The molecule has 2 aromatic carbocycles. The van der Waals surface area contributed by atoms with Gasteiger partial charge in [0.2, 0.25) is 0 Å². The standard InChI is InChI=1S/C19H13NOS/c1-2-14-7-6-10-16(13-14)20-19(21)18-17(11-12-22-18)15-8-4-3-5-9-15/h1,3-13H,(H,20,21). The molecule has 1 aromatic heterocycles. The van der Waals surface area contributed by atoms with E-state index in [2.05, 4.69) is 11.2 Å². The first-order valence-electron chi connectivity index (χ1n) is 6.79. The van der Waals surface area contributed by atoms with Gasteiger partial charge < -0.3 is 5.32 Å². The van der Waals surface area contributed by atoms with Gasteiger partial charge >= 0.3 is 0 Å². The fraction of sp³-hybridized carbons (Fsp3) is 0. The fourth-order valence-corrected chi connectivity index (χ4v) is 3.02. The number of thiophene rings is 1. The predicted molar refractivity (Wildman–Crippen MR) is 92.1 cm³/mol. The van der Waals surface area contributed by atoms with Crippen LogP contribution in [0.1, 0.15) is 15.2 Å². The quantitative estimate of drug-likeness (QED) is 0.701. The van der Waals surface area contributed by atoms with Crippen molar-refractivity contribution in [2.24, 2.45) is 0 Å². The molecule has 0 aliphatic rings. The first-order valence-corrected chi connectivity index (χ1v) is 7.67. The Hall–Kier alpha value is -2.83. The Morgan fingerprint density at radius 1 is 1.05 bits per heavy atom. The van der Waals surface area contributed by atoms with E-state index in [0.717, 1.165) is 16.7 Å². The summed E-state index contributed by atoms with van der Waals surface area (Å²) in [6, 6.07) is 19.1. The number of terminal acetylenes is 1. The molecule has 0 saturated heterocycles. The zero-order chi connectivity index (χ0) is 15.4. The zero-order valence-corrected chi connectivity index (χ0v) is 12.6. The molecule has 1 N–H and O–H groups in total. The van der Waals surface area contributed by atoms with Gasteiger partial charge in [0.05, 0.1) is 4.88 Å². The van der Waals surface area contributed by atoms with Crippen LogP contribution in [0.2, 0.25) is 0 Å². The summed E-state index contributed by atoms with van der Waals surface area (Å²) >= 11 is 1.43. The van der Waals surface area contributed by atoms with E-state index in [1.165, 1.54) is 11.3 Å². The lowest BCUT2D eigenvalue weighted by Gasteiger charge is -2.07. The van der Waals surface area contributed by atoms with Crippen molar-refractivity contribution >= 4 is 22.9 Å². The van der Waals surface area contributed by atoms with Crippen molar-refractivity contribution in [3.63, 3.8) is 0 Å². The number of benzene rings is 2. The average molecular weight is 303 g/mol. The van der Waals surface area contributed by atoms with Gasteiger partial charge in [0.1, 0.15) is 0 Å². The van der Waals surface area contributed by atoms with Crippen LogP contribution < -0.4 is 5.32 Å². The van der Waals surface area contributed by atoms with Crippen molar-refractivity contribution in [2.75, 3.05) is 5.32 Å². The first-order chi connectivity index (χ1) is 10.8. The zero-order valence-electron chi connectivity index (χ0n) is 11.7. The second-order valence-electron chi connectivity index (χ2n) is 4.71. The lowest BCUT2D eigenvalue weighted by Crippen LogP contribution is -2.11. The maximum absolute atomic E-state index is 12.5. The molecule has 0 unspecified atom stereocenters. The molecule has 0 aliphatic heterocycles. The molecule has 0 spiro atoms. The predicted octanol–water partition coefficient (Wildman–Crippen LogP) is 4.65. The monoisotopic (exact) mass is 303 g/mol. The van der Waals surface area contributed by atoms with E-state index in [-0.39, 0.29) is 5.91 Å². The van der Waals surface area contributed by atoms with Gasteiger partial charge in [-0.05, 0) is 35.2 Å². The van der Waals surface area contributed by atoms with Gasteiger partial charge in [-0.15, -0.1) is 17.8 Å². The summed E-state index contributed by atoms with van der Waals surface area (Å²) in [5.41, 5.74) is 3.42. The number of rotatable bonds is 3. The van der Waals surface area contributed by atoms with Crippen LogP contribution in [-0.4, -0.2) is 5.91 Å². The van der Waals surface area contributed by atoms with Gasteiger partial charge in [-0.25, -0.2) is 0 Å². The van der Waals surface area contributed by atoms with Crippen LogP contribution in [0, 0.1) is 12.3 Å². The molecule has 0 atom stereocenters. The van der Waals surface area contributed by atoms with Crippen LogP contribution in [0.3, 0.4) is 0 Å². The maximum atomic E-state index is 12.5. The van der Waals surface area contributed by atoms with Crippen LogP contribution in [0.25, 0.3) is 11.1 Å². The van der Waals surface area contributed by atoms with E-state index in [4.69, 9.17) is 6.42 Å². The Kier molecular flexibility index (Phi) is 4.04. The molecule has 2 nitrogen and oxygen atoms in total. The largest absolute Gasteiger partial charge is 0.321 e. The average Bonchev–Trinajstić information content (AvgIpc) is 3.05. The third-order valence-electron chi connectivity index (χ3n) is 3.24. The van der Waals surface area contributed by atoms with Crippen LogP contribution >= 0.6 is 11.3 Å². The normalized spacial score (nSPS) is 9.95. The van der Waals surface area contributed by atoms with Gasteiger partial charge in [0, 0.05) is 16.8 Å². The molecular weight excluding hydrogens is 290 g/mol. The number of carbonyl (C=O) groups excluding carboxylic acids is 1. The van der Waals surface area contributed by atoms with Crippen LogP contribution in [0.5, 0.6) is 0 Å². The molecule has 0 bridgehead atoms. The van der Waals surface area contributed by atoms with Gasteiger partial charge in [-0.1, -0.05) is 42.3 Å². The van der Waals surface area contributed by atoms with Crippen molar-refractivity contribution in [3.8, 4) is 23.5 Å². The highest BCUT2D eigenvalue weighted by Gasteiger charge is 2.14. The molecule has 3 aromatic rings. The SMILES string of the molecule is C#Cc1cccc(NC(=O)c2sccc2-c2ccccc2)c1. The third kappa shape index (κ3) is 2.93. The fourth-order valence-electron chi connectivity index (χ4n) is 2.20. The number of anilines is 1. The first kappa shape index (κ1) is 14.1. The molecule has 0 saturated carbocycles. The van der Waals surface area contributed by atoms with Crippen LogP contribution in [-0.2, 0) is 0 Å². The molecule has 0 fully saturated rings. The number of carbonyl (C=O) groups is 1. The molecule has 3 heteroatoms. The summed E-state index contributed by atoms with van der Waals surface area (Å²) in [7, 11) is 0. The van der Waals surface area contributed by atoms with Crippen molar-refractivity contribution in [1.82, 2.24) is 0 Å². The van der Waals surface area contributed by atoms with Crippen molar-refractivity contribution in [1.29, 1.82) is 0 Å². The summed E-state index contributed by atoms with van der Waals surface area (Å²) in [6.07, 6.45) is 5.38. The summed E-state index contributed by atoms with van der Waals surface area (Å²) in [6.45, 7) is 0. The van der Waals surface area contributed by atoms with E-state index in [1.807, 2.05) is 60.0 Å². The van der Waals surface area contributed by atoms with Crippen LogP contribution in [0.15, 0.2) is 66.0 Å². The smallest absolute Gasteiger partial charge is 0.266 e. The lowest BCUT2D eigenvalue weighted by atomic mass is 10.1. The lowest BCUT2D eigenvalue weighted by molar-refractivity contribution is 0.103. The van der Waals surface area contributed by atoms with Crippen molar-refractivity contribution in [2.45, 2.75) is 0 Å². The molecule has 1 amide bonds. The Morgan fingerprint density at radius 2 is 1.86 bits per heavy atom. The highest BCUT2D eigenvalue weighted by atomic mass is 32.1. The van der Waals surface area contributed by atoms with E-state index in [1.54, 1.807) is 6.07 Å². The Labute approximate surface area is 133 Å². The number of amides is 1. The summed E-state index contributed by atoms with van der Waals surface area (Å²) < 4.78 is 0. The Balaban J connectivity index is 1.88. The molecule has 106 valence electrons. The minimum atomic E-state index is -0.122. The Morgan fingerprint density at radius 3 is 2.64 bits per heavy atom. The summed E-state index contributed by atoms with van der Waals surface area (Å²) in [5, 5.41) is 4.83. The Bertz CT molecular complexity index is 843. The van der Waals surface area contributed by atoms with E-state index >= 15 is 0 Å². The molecule has 22 heavy (non-hydrogen) atoms. The topological polar surface area (TPSA) is 29.1 Å². The van der Waals surface area contributed by atoms with E-state index in [9.17, 15) is 4.79 Å². The maximum Gasteiger partial charge on any atom is 0.266 e. The summed E-state index contributed by atoms with van der Waals surface area (Å²) in [5.74, 6) is 2.44. The van der Waals surface area contributed by atoms with Gasteiger partial charge in [0.25, 0.3) is 5.91 Å². The van der Waals surface area contributed by atoms with Gasteiger partial charge in [-0.3, -0.25) is 4.79 Å². The number of hydrogen-bond acceptors (Lipinski definition) is 2. The number of hydrogen-bond donors (Lipinski definition) is 1. The number of nitrogens with one attached hydrogen (secondary N) is 1.